The number of hydrogen-bond acceptors (Lipinski definition) is 2. The molecule has 1 amide bonds. The molecule has 0 bridgehead atoms. The van der Waals surface area contributed by atoms with Gasteiger partial charge in [-0.3, -0.25) is 4.79 Å². The molecule has 0 saturated heterocycles. The van der Waals surface area contributed by atoms with Crippen molar-refractivity contribution in [3.8, 4) is 0 Å². The molecule has 3 heteroatoms. The molecule has 3 N–H and O–H groups in total. The molecule has 1 atom stereocenters. The van der Waals surface area contributed by atoms with Crippen molar-refractivity contribution in [3.05, 3.63) is 48.0 Å². The lowest BCUT2D eigenvalue weighted by Crippen LogP contribution is -2.38. The standard InChI is InChI=1S/C18H24N2O/c1-13(2)10-16(19)12-20-18(21)11-15-8-5-7-14-6-3-4-9-17(14)15/h3-9,13,16H,10-12,19H2,1-2H3,(H,20,21). The van der Waals surface area contributed by atoms with Gasteiger partial charge in [0.05, 0.1) is 6.42 Å². The van der Waals surface area contributed by atoms with Crippen LogP contribution in [0.2, 0.25) is 0 Å². The van der Waals surface area contributed by atoms with E-state index < -0.39 is 0 Å². The normalized spacial score (nSPS) is 12.6. The minimum Gasteiger partial charge on any atom is -0.354 e. The van der Waals surface area contributed by atoms with Crippen LogP contribution >= 0.6 is 0 Å². The van der Waals surface area contributed by atoms with E-state index in [0.29, 0.717) is 18.9 Å². The molecule has 0 fully saturated rings. The van der Waals surface area contributed by atoms with E-state index in [-0.39, 0.29) is 11.9 Å². The van der Waals surface area contributed by atoms with Crippen LogP contribution < -0.4 is 11.1 Å². The Hall–Kier alpha value is -1.87. The zero-order valence-corrected chi connectivity index (χ0v) is 12.8. The lowest BCUT2D eigenvalue weighted by Gasteiger charge is -2.15. The second kappa shape index (κ2) is 7.23. The Morgan fingerprint density at radius 3 is 2.62 bits per heavy atom. The summed E-state index contributed by atoms with van der Waals surface area (Å²) in [6, 6.07) is 14.2. The summed E-state index contributed by atoms with van der Waals surface area (Å²) in [6.45, 7) is 4.82. The second-order valence-corrected chi connectivity index (χ2v) is 6.01. The minimum absolute atomic E-state index is 0.0291. The van der Waals surface area contributed by atoms with Crippen LogP contribution in [0.4, 0.5) is 0 Å². The van der Waals surface area contributed by atoms with Gasteiger partial charge in [0.15, 0.2) is 0 Å². The summed E-state index contributed by atoms with van der Waals surface area (Å²) >= 11 is 0. The number of amides is 1. The van der Waals surface area contributed by atoms with Crippen molar-refractivity contribution in [3.63, 3.8) is 0 Å². The van der Waals surface area contributed by atoms with Crippen LogP contribution in [0.1, 0.15) is 25.8 Å². The molecule has 0 aliphatic heterocycles. The number of hydrogen-bond donors (Lipinski definition) is 2. The predicted molar refractivity (Wildman–Crippen MR) is 88.1 cm³/mol. The van der Waals surface area contributed by atoms with E-state index in [9.17, 15) is 4.79 Å². The molecule has 0 spiro atoms. The monoisotopic (exact) mass is 284 g/mol. The molecule has 3 nitrogen and oxygen atoms in total. The van der Waals surface area contributed by atoms with E-state index in [0.717, 1.165) is 17.4 Å². The Kier molecular flexibility index (Phi) is 5.34. The molecule has 0 heterocycles. The third kappa shape index (κ3) is 4.57. The molecule has 0 radical (unpaired) electrons. The van der Waals surface area contributed by atoms with Crippen molar-refractivity contribution in [2.75, 3.05) is 6.54 Å². The van der Waals surface area contributed by atoms with Gasteiger partial charge in [-0.2, -0.15) is 0 Å². The van der Waals surface area contributed by atoms with Crippen molar-refractivity contribution in [2.45, 2.75) is 32.7 Å². The van der Waals surface area contributed by atoms with Gasteiger partial charge < -0.3 is 11.1 Å². The molecular formula is C18H24N2O. The predicted octanol–water partition coefficient (Wildman–Crippen LogP) is 2.87. The molecule has 0 aliphatic carbocycles. The molecule has 0 aliphatic rings. The Morgan fingerprint density at radius 2 is 1.86 bits per heavy atom. The van der Waals surface area contributed by atoms with Gasteiger partial charge >= 0.3 is 0 Å². The summed E-state index contributed by atoms with van der Waals surface area (Å²) in [7, 11) is 0. The van der Waals surface area contributed by atoms with E-state index in [1.807, 2.05) is 24.3 Å². The van der Waals surface area contributed by atoms with Crippen LogP contribution in [0.15, 0.2) is 42.5 Å². The fourth-order valence-electron chi connectivity index (χ4n) is 2.62. The zero-order valence-electron chi connectivity index (χ0n) is 12.8. The third-order valence-electron chi connectivity index (χ3n) is 3.57. The third-order valence-corrected chi connectivity index (χ3v) is 3.57. The molecule has 2 rings (SSSR count). The van der Waals surface area contributed by atoms with Crippen LogP contribution in [-0.2, 0) is 11.2 Å². The van der Waals surface area contributed by atoms with Gasteiger partial charge in [0.25, 0.3) is 0 Å². The lowest BCUT2D eigenvalue weighted by molar-refractivity contribution is -0.120. The molecular weight excluding hydrogens is 260 g/mol. The van der Waals surface area contributed by atoms with Gasteiger partial charge in [0.2, 0.25) is 5.91 Å². The number of carbonyl (C=O) groups is 1. The summed E-state index contributed by atoms with van der Waals surface area (Å²) in [4.78, 5) is 12.1. The Morgan fingerprint density at radius 1 is 1.14 bits per heavy atom. The van der Waals surface area contributed by atoms with E-state index >= 15 is 0 Å². The first-order valence-corrected chi connectivity index (χ1v) is 7.55. The van der Waals surface area contributed by atoms with E-state index in [2.05, 4.69) is 37.4 Å². The van der Waals surface area contributed by atoms with Crippen LogP contribution in [-0.4, -0.2) is 18.5 Å². The smallest absolute Gasteiger partial charge is 0.224 e. The van der Waals surface area contributed by atoms with Gasteiger partial charge in [0.1, 0.15) is 0 Å². The topological polar surface area (TPSA) is 55.1 Å². The van der Waals surface area contributed by atoms with Crippen molar-refractivity contribution in [2.24, 2.45) is 11.7 Å². The number of carbonyl (C=O) groups excluding carboxylic acids is 1. The Balaban J connectivity index is 1.96. The molecule has 112 valence electrons. The second-order valence-electron chi connectivity index (χ2n) is 6.01. The lowest BCUT2D eigenvalue weighted by atomic mass is 10.0. The molecule has 2 aromatic carbocycles. The zero-order chi connectivity index (χ0) is 15.2. The highest BCUT2D eigenvalue weighted by Crippen LogP contribution is 2.18. The maximum atomic E-state index is 12.1. The number of nitrogens with one attached hydrogen (secondary N) is 1. The van der Waals surface area contributed by atoms with Gasteiger partial charge in [-0.25, -0.2) is 0 Å². The van der Waals surface area contributed by atoms with Crippen LogP contribution in [0.3, 0.4) is 0 Å². The van der Waals surface area contributed by atoms with E-state index in [1.54, 1.807) is 0 Å². The largest absolute Gasteiger partial charge is 0.354 e. The first-order chi connectivity index (χ1) is 10.1. The minimum atomic E-state index is 0.0291. The summed E-state index contributed by atoms with van der Waals surface area (Å²) < 4.78 is 0. The first kappa shape index (κ1) is 15.5. The van der Waals surface area contributed by atoms with Crippen molar-refractivity contribution in [1.29, 1.82) is 0 Å². The van der Waals surface area contributed by atoms with Gasteiger partial charge in [0, 0.05) is 12.6 Å². The SMILES string of the molecule is CC(C)CC(N)CNC(=O)Cc1cccc2ccccc12. The fourth-order valence-corrected chi connectivity index (χ4v) is 2.62. The molecule has 0 saturated carbocycles. The van der Waals surface area contributed by atoms with E-state index in [1.165, 1.54) is 5.39 Å². The van der Waals surface area contributed by atoms with Crippen molar-refractivity contribution >= 4 is 16.7 Å². The first-order valence-electron chi connectivity index (χ1n) is 7.55. The fraction of sp³-hybridized carbons (Fsp3) is 0.389. The van der Waals surface area contributed by atoms with Crippen LogP contribution in [0.25, 0.3) is 10.8 Å². The summed E-state index contributed by atoms with van der Waals surface area (Å²) in [5.41, 5.74) is 7.05. The molecule has 21 heavy (non-hydrogen) atoms. The summed E-state index contributed by atoms with van der Waals surface area (Å²) in [5, 5.41) is 5.24. The van der Waals surface area contributed by atoms with Gasteiger partial charge in [-0.05, 0) is 28.7 Å². The molecule has 0 aromatic heterocycles. The molecule has 2 aromatic rings. The van der Waals surface area contributed by atoms with Gasteiger partial charge in [-0.1, -0.05) is 56.3 Å². The number of fused-ring (bicyclic) bond motifs is 1. The van der Waals surface area contributed by atoms with Crippen LogP contribution in [0.5, 0.6) is 0 Å². The number of nitrogens with two attached hydrogens (primary N) is 1. The number of benzene rings is 2. The highest BCUT2D eigenvalue weighted by Gasteiger charge is 2.09. The average molecular weight is 284 g/mol. The average Bonchev–Trinajstić information content (AvgIpc) is 2.45. The highest BCUT2D eigenvalue weighted by atomic mass is 16.1. The Labute approximate surface area is 126 Å². The maximum absolute atomic E-state index is 12.1. The van der Waals surface area contributed by atoms with Crippen molar-refractivity contribution in [1.82, 2.24) is 5.32 Å². The van der Waals surface area contributed by atoms with Gasteiger partial charge in [-0.15, -0.1) is 0 Å². The quantitative estimate of drug-likeness (QED) is 0.857. The van der Waals surface area contributed by atoms with Crippen molar-refractivity contribution < 1.29 is 4.79 Å². The molecule has 1 unspecified atom stereocenters. The number of rotatable bonds is 6. The summed E-state index contributed by atoms with van der Waals surface area (Å²) in [6.07, 6.45) is 1.32. The summed E-state index contributed by atoms with van der Waals surface area (Å²) in [5.74, 6) is 0.584. The van der Waals surface area contributed by atoms with E-state index in [4.69, 9.17) is 5.73 Å². The Bertz CT molecular complexity index is 602. The highest BCUT2D eigenvalue weighted by molar-refractivity contribution is 5.90. The van der Waals surface area contributed by atoms with Crippen LogP contribution in [0, 0.1) is 5.92 Å². The maximum Gasteiger partial charge on any atom is 0.224 e.